The number of hydrogen-bond acceptors (Lipinski definition) is 1. The maximum absolute atomic E-state index is 13.5. The number of rotatable bonds is 2. The van der Waals surface area contributed by atoms with E-state index in [1.54, 1.807) is 6.07 Å². The molecular formula is C14H13FS. The molecule has 0 radical (unpaired) electrons. The van der Waals surface area contributed by atoms with Crippen molar-refractivity contribution < 1.29 is 4.39 Å². The summed E-state index contributed by atoms with van der Waals surface area (Å²) < 4.78 is 13.5. The third kappa shape index (κ3) is 2.45. The molecule has 0 N–H and O–H groups in total. The average Bonchev–Trinajstić information content (AvgIpc) is 2.27. The van der Waals surface area contributed by atoms with Crippen LogP contribution in [0.25, 0.3) is 0 Å². The highest BCUT2D eigenvalue weighted by Gasteiger charge is 2.05. The fourth-order valence-corrected chi connectivity index (χ4v) is 2.49. The monoisotopic (exact) mass is 232 g/mol. The van der Waals surface area contributed by atoms with E-state index in [9.17, 15) is 4.39 Å². The first-order valence-corrected chi connectivity index (χ1v) is 5.98. The molecule has 0 aliphatic rings. The highest BCUT2D eigenvalue weighted by molar-refractivity contribution is 7.99. The van der Waals surface area contributed by atoms with E-state index in [2.05, 4.69) is 18.2 Å². The van der Waals surface area contributed by atoms with Crippen molar-refractivity contribution >= 4 is 11.8 Å². The summed E-state index contributed by atoms with van der Waals surface area (Å²) in [6.45, 7) is 4.09. The van der Waals surface area contributed by atoms with Gasteiger partial charge in [-0.15, -0.1) is 0 Å². The van der Waals surface area contributed by atoms with Gasteiger partial charge in [-0.2, -0.15) is 0 Å². The molecule has 82 valence electrons. The van der Waals surface area contributed by atoms with Gasteiger partial charge >= 0.3 is 0 Å². The Kier molecular flexibility index (Phi) is 3.30. The number of halogens is 1. The molecule has 0 aliphatic carbocycles. The smallest absolute Gasteiger partial charge is 0.137 e. The van der Waals surface area contributed by atoms with Crippen molar-refractivity contribution in [3.63, 3.8) is 0 Å². The van der Waals surface area contributed by atoms with Crippen molar-refractivity contribution in [3.05, 3.63) is 59.4 Å². The first kappa shape index (κ1) is 11.2. The predicted molar refractivity (Wildman–Crippen MR) is 66.4 cm³/mol. The van der Waals surface area contributed by atoms with E-state index in [0.29, 0.717) is 4.90 Å². The molecule has 0 spiro atoms. The summed E-state index contributed by atoms with van der Waals surface area (Å²) in [6, 6.07) is 13.1. The minimum atomic E-state index is -0.159. The van der Waals surface area contributed by atoms with Crippen LogP contribution in [0.2, 0.25) is 0 Å². The zero-order valence-electron chi connectivity index (χ0n) is 9.33. The molecule has 0 amide bonds. The van der Waals surface area contributed by atoms with Crippen LogP contribution in [0, 0.1) is 19.7 Å². The summed E-state index contributed by atoms with van der Waals surface area (Å²) in [6.07, 6.45) is 0. The lowest BCUT2D eigenvalue weighted by atomic mass is 10.2. The van der Waals surface area contributed by atoms with Crippen LogP contribution in [-0.2, 0) is 0 Å². The first-order chi connectivity index (χ1) is 7.66. The highest BCUT2D eigenvalue weighted by atomic mass is 32.2. The molecule has 2 aromatic rings. The van der Waals surface area contributed by atoms with Crippen molar-refractivity contribution in [1.29, 1.82) is 0 Å². The van der Waals surface area contributed by atoms with Crippen LogP contribution in [-0.4, -0.2) is 0 Å². The van der Waals surface area contributed by atoms with Crippen LogP contribution in [0.15, 0.2) is 52.3 Å². The molecular weight excluding hydrogens is 219 g/mol. The Bertz CT molecular complexity index is 506. The van der Waals surface area contributed by atoms with E-state index in [1.165, 1.54) is 29.0 Å². The van der Waals surface area contributed by atoms with E-state index in [0.717, 1.165) is 4.90 Å². The normalized spacial score (nSPS) is 10.4. The number of aryl methyl sites for hydroxylation is 2. The summed E-state index contributed by atoms with van der Waals surface area (Å²) in [5.41, 5.74) is 2.38. The van der Waals surface area contributed by atoms with E-state index in [-0.39, 0.29) is 5.82 Å². The van der Waals surface area contributed by atoms with Gasteiger partial charge in [-0.3, -0.25) is 0 Å². The molecule has 0 bridgehead atoms. The quantitative estimate of drug-likeness (QED) is 0.729. The molecule has 0 fully saturated rings. The number of hydrogen-bond donors (Lipinski definition) is 0. The average molecular weight is 232 g/mol. The van der Waals surface area contributed by atoms with Gasteiger partial charge in [0, 0.05) is 9.79 Å². The fourth-order valence-electron chi connectivity index (χ4n) is 1.46. The second-order valence-corrected chi connectivity index (χ2v) is 4.89. The Morgan fingerprint density at radius 1 is 0.938 bits per heavy atom. The van der Waals surface area contributed by atoms with Gasteiger partial charge in [0.05, 0.1) is 0 Å². The van der Waals surface area contributed by atoms with E-state index in [4.69, 9.17) is 0 Å². The summed E-state index contributed by atoms with van der Waals surface area (Å²) >= 11 is 1.48. The molecule has 2 rings (SSSR count). The van der Waals surface area contributed by atoms with Crippen molar-refractivity contribution in [2.75, 3.05) is 0 Å². The lowest BCUT2D eigenvalue weighted by molar-refractivity contribution is 0.602. The van der Waals surface area contributed by atoms with Gasteiger partial charge in [0.25, 0.3) is 0 Å². The van der Waals surface area contributed by atoms with Gasteiger partial charge in [0.2, 0.25) is 0 Å². The Balaban J connectivity index is 2.34. The lowest BCUT2D eigenvalue weighted by Gasteiger charge is -2.07. The zero-order chi connectivity index (χ0) is 11.5. The second-order valence-electron chi connectivity index (χ2n) is 3.80. The topological polar surface area (TPSA) is 0 Å². The van der Waals surface area contributed by atoms with Crippen LogP contribution >= 0.6 is 11.8 Å². The summed E-state index contributed by atoms with van der Waals surface area (Å²) in [5.74, 6) is -0.159. The van der Waals surface area contributed by atoms with Crippen LogP contribution in [0.5, 0.6) is 0 Å². The minimum Gasteiger partial charge on any atom is -0.206 e. The van der Waals surface area contributed by atoms with Crippen molar-refractivity contribution in [2.24, 2.45) is 0 Å². The standard InChI is InChI=1S/C14H13FS/c1-10-7-8-11(2)14(9-10)16-13-6-4-3-5-12(13)15/h3-9H,1-2H3. The minimum absolute atomic E-state index is 0.159. The third-order valence-corrected chi connectivity index (χ3v) is 3.61. The molecule has 0 unspecified atom stereocenters. The molecule has 0 atom stereocenters. The lowest BCUT2D eigenvalue weighted by Crippen LogP contribution is -1.84. The fraction of sp³-hybridized carbons (Fsp3) is 0.143. The maximum Gasteiger partial charge on any atom is 0.137 e. The summed E-state index contributed by atoms with van der Waals surface area (Å²) in [7, 11) is 0. The largest absolute Gasteiger partial charge is 0.206 e. The zero-order valence-corrected chi connectivity index (χ0v) is 10.1. The third-order valence-electron chi connectivity index (χ3n) is 2.40. The molecule has 0 saturated heterocycles. The predicted octanol–water partition coefficient (Wildman–Crippen LogP) is 4.59. The second kappa shape index (κ2) is 4.71. The van der Waals surface area contributed by atoms with Gasteiger partial charge in [0.15, 0.2) is 0 Å². The van der Waals surface area contributed by atoms with Gasteiger partial charge in [-0.05, 0) is 43.2 Å². The molecule has 2 aromatic carbocycles. The maximum atomic E-state index is 13.5. The number of benzene rings is 2. The molecule has 0 aliphatic heterocycles. The van der Waals surface area contributed by atoms with Gasteiger partial charge < -0.3 is 0 Å². The van der Waals surface area contributed by atoms with Gasteiger partial charge in [-0.25, -0.2) is 4.39 Å². The van der Waals surface area contributed by atoms with E-state index < -0.39 is 0 Å². The Labute approximate surface area is 99.5 Å². The SMILES string of the molecule is Cc1ccc(C)c(Sc2ccccc2F)c1. The Morgan fingerprint density at radius 2 is 1.69 bits per heavy atom. The molecule has 2 heteroatoms. The van der Waals surface area contributed by atoms with Crippen LogP contribution in [0.3, 0.4) is 0 Å². The van der Waals surface area contributed by atoms with Crippen LogP contribution in [0.4, 0.5) is 4.39 Å². The van der Waals surface area contributed by atoms with Crippen molar-refractivity contribution in [3.8, 4) is 0 Å². The van der Waals surface area contributed by atoms with Crippen LogP contribution < -0.4 is 0 Å². The molecule has 0 nitrogen and oxygen atoms in total. The molecule has 0 saturated carbocycles. The van der Waals surface area contributed by atoms with Crippen molar-refractivity contribution in [1.82, 2.24) is 0 Å². The Morgan fingerprint density at radius 3 is 2.44 bits per heavy atom. The molecule has 0 aromatic heterocycles. The first-order valence-electron chi connectivity index (χ1n) is 5.16. The summed E-state index contributed by atoms with van der Waals surface area (Å²) in [4.78, 5) is 1.79. The van der Waals surface area contributed by atoms with Gasteiger partial charge in [-0.1, -0.05) is 36.0 Å². The van der Waals surface area contributed by atoms with E-state index in [1.807, 2.05) is 26.0 Å². The highest BCUT2D eigenvalue weighted by Crippen LogP contribution is 2.32. The summed E-state index contributed by atoms with van der Waals surface area (Å²) in [5, 5.41) is 0. The molecule has 16 heavy (non-hydrogen) atoms. The Hall–Kier alpha value is -1.28. The van der Waals surface area contributed by atoms with Crippen molar-refractivity contribution in [2.45, 2.75) is 23.6 Å². The molecule has 0 heterocycles. The van der Waals surface area contributed by atoms with Gasteiger partial charge in [0.1, 0.15) is 5.82 Å². The van der Waals surface area contributed by atoms with Crippen LogP contribution in [0.1, 0.15) is 11.1 Å². The van der Waals surface area contributed by atoms with E-state index >= 15 is 0 Å².